The van der Waals surface area contributed by atoms with E-state index in [1.807, 2.05) is 43.7 Å². The molecule has 128 valence electrons. The number of para-hydroxylation sites is 1. The lowest BCUT2D eigenvalue weighted by molar-refractivity contribution is 0.0929. The number of hydrogen-bond acceptors (Lipinski definition) is 3. The van der Waals surface area contributed by atoms with Crippen LogP contribution in [0.25, 0.3) is 5.69 Å². The molecule has 1 amide bonds. The molecule has 2 heterocycles. The van der Waals surface area contributed by atoms with E-state index in [-0.39, 0.29) is 18.0 Å². The van der Waals surface area contributed by atoms with Gasteiger partial charge in [0, 0.05) is 24.6 Å². The van der Waals surface area contributed by atoms with Crippen molar-refractivity contribution in [1.82, 2.24) is 24.6 Å². The molecule has 3 aromatic rings. The summed E-state index contributed by atoms with van der Waals surface area (Å²) in [7, 11) is 0. The molecule has 4 rings (SSSR count). The summed E-state index contributed by atoms with van der Waals surface area (Å²) in [5, 5.41) is 7.52. The highest BCUT2D eigenvalue weighted by molar-refractivity contribution is 5.94. The molecule has 1 saturated carbocycles. The highest BCUT2D eigenvalue weighted by Gasteiger charge is 2.30. The molecule has 6 heteroatoms. The van der Waals surface area contributed by atoms with Gasteiger partial charge in [0.25, 0.3) is 5.91 Å². The van der Waals surface area contributed by atoms with Crippen molar-refractivity contribution >= 4 is 5.91 Å². The van der Waals surface area contributed by atoms with E-state index < -0.39 is 0 Å². The van der Waals surface area contributed by atoms with Gasteiger partial charge in [-0.2, -0.15) is 5.10 Å². The van der Waals surface area contributed by atoms with Crippen LogP contribution in [0.1, 0.15) is 41.2 Å². The molecule has 25 heavy (non-hydrogen) atoms. The Kier molecular flexibility index (Phi) is 4.09. The van der Waals surface area contributed by atoms with Crippen molar-refractivity contribution in [3.63, 3.8) is 0 Å². The van der Waals surface area contributed by atoms with Crippen LogP contribution in [-0.4, -0.2) is 31.3 Å². The second-order valence-electron chi connectivity index (χ2n) is 6.55. The van der Waals surface area contributed by atoms with Crippen LogP contribution >= 0.6 is 0 Å². The van der Waals surface area contributed by atoms with Gasteiger partial charge in [0.2, 0.25) is 0 Å². The number of benzene rings is 1. The van der Waals surface area contributed by atoms with Crippen LogP contribution < -0.4 is 5.32 Å². The van der Waals surface area contributed by atoms with Crippen LogP contribution in [0.3, 0.4) is 0 Å². The number of amides is 1. The van der Waals surface area contributed by atoms with E-state index in [2.05, 4.69) is 20.0 Å². The summed E-state index contributed by atoms with van der Waals surface area (Å²) in [6.07, 6.45) is 12.1. The normalized spacial score (nSPS) is 19.9. The van der Waals surface area contributed by atoms with Gasteiger partial charge < -0.3 is 9.88 Å². The van der Waals surface area contributed by atoms with Gasteiger partial charge in [-0.3, -0.25) is 4.79 Å². The number of nitrogens with one attached hydrogen (secondary N) is 1. The summed E-state index contributed by atoms with van der Waals surface area (Å²) in [5.74, 6) is -0.0724. The number of carbonyl (C=O) groups is 1. The van der Waals surface area contributed by atoms with Crippen molar-refractivity contribution < 1.29 is 4.79 Å². The first kappa shape index (κ1) is 15.6. The zero-order valence-corrected chi connectivity index (χ0v) is 14.2. The molecule has 0 aliphatic heterocycles. The number of hydrogen-bond donors (Lipinski definition) is 1. The van der Waals surface area contributed by atoms with Crippen molar-refractivity contribution in [3.8, 4) is 5.69 Å². The summed E-state index contributed by atoms with van der Waals surface area (Å²) in [4.78, 5) is 16.8. The highest BCUT2D eigenvalue weighted by Crippen LogP contribution is 2.30. The van der Waals surface area contributed by atoms with Crippen LogP contribution in [-0.2, 0) is 0 Å². The smallest absolute Gasteiger partial charge is 0.254 e. The maximum Gasteiger partial charge on any atom is 0.254 e. The predicted molar refractivity (Wildman–Crippen MR) is 94.7 cm³/mol. The maximum absolute atomic E-state index is 12.7. The van der Waals surface area contributed by atoms with Crippen molar-refractivity contribution in [2.24, 2.45) is 0 Å². The standard InChI is InChI=1S/C19H21N5O/c1-14-5-2-3-7-17(14)24-12-15(11-21-24)19(25)22-16-6-4-8-18(16)23-10-9-20-13-23/h2-3,5,7,9-13,16,18H,4,6,8H2,1H3,(H,22,25)/t16-,18+/m1/s1. The Morgan fingerprint density at radius 2 is 2.16 bits per heavy atom. The summed E-state index contributed by atoms with van der Waals surface area (Å²) in [6, 6.07) is 8.40. The van der Waals surface area contributed by atoms with Crippen LogP contribution in [0.5, 0.6) is 0 Å². The largest absolute Gasteiger partial charge is 0.347 e. The molecule has 2 atom stereocenters. The second-order valence-corrected chi connectivity index (χ2v) is 6.55. The second kappa shape index (κ2) is 6.55. The topological polar surface area (TPSA) is 64.7 Å². The van der Waals surface area contributed by atoms with E-state index in [9.17, 15) is 4.79 Å². The number of carbonyl (C=O) groups excluding carboxylic acids is 1. The van der Waals surface area contributed by atoms with Crippen molar-refractivity contribution in [1.29, 1.82) is 0 Å². The Morgan fingerprint density at radius 1 is 1.28 bits per heavy atom. The fraction of sp³-hybridized carbons (Fsp3) is 0.316. The molecule has 1 aromatic carbocycles. The summed E-state index contributed by atoms with van der Waals surface area (Å²) in [5.41, 5.74) is 2.69. The maximum atomic E-state index is 12.7. The SMILES string of the molecule is Cc1ccccc1-n1cc(C(=O)N[C@@H]2CCC[C@@H]2n2ccnc2)cn1. The van der Waals surface area contributed by atoms with Gasteiger partial charge in [-0.25, -0.2) is 9.67 Å². The highest BCUT2D eigenvalue weighted by atomic mass is 16.1. The quantitative estimate of drug-likeness (QED) is 0.797. The number of rotatable bonds is 4. The Bertz CT molecular complexity index is 868. The first-order valence-electron chi connectivity index (χ1n) is 8.61. The molecule has 6 nitrogen and oxygen atoms in total. The Hall–Kier alpha value is -2.89. The molecular formula is C19H21N5O. The van der Waals surface area contributed by atoms with E-state index in [1.54, 1.807) is 23.3 Å². The molecule has 0 saturated heterocycles. The Labute approximate surface area is 146 Å². The lowest BCUT2D eigenvalue weighted by atomic mass is 10.1. The van der Waals surface area contributed by atoms with E-state index >= 15 is 0 Å². The van der Waals surface area contributed by atoms with Gasteiger partial charge in [-0.15, -0.1) is 0 Å². The van der Waals surface area contributed by atoms with Gasteiger partial charge in [0.05, 0.1) is 29.8 Å². The van der Waals surface area contributed by atoms with Crippen molar-refractivity contribution in [3.05, 3.63) is 66.5 Å². The zero-order valence-electron chi connectivity index (χ0n) is 14.2. The molecule has 0 bridgehead atoms. The lowest BCUT2D eigenvalue weighted by Gasteiger charge is -2.21. The monoisotopic (exact) mass is 335 g/mol. The average Bonchev–Trinajstić information content (AvgIpc) is 3.36. The molecule has 1 N–H and O–H groups in total. The van der Waals surface area contributed by atoms with Gasteiger partial charge in [0.15, 0.2) is 0 Å². The number of aryl methyl sites for hydroxylation is 1. The van der Waals surface area contributed by atoms with Gasteiger partial charge >= 0.3 is 0 Å². The number of imidazole rings is 1. The van der Waals surface area contributed by atoms with Gasteiger partial charge in [-0.1, -0.05) is 18.2 Å². The molecule has 1 fully saturated rings. The molecule has 0 spiro atoms. The first-order chi connectivity index (χ1) is 12.2. The fourth-order valence-corrected chi connectivity index (χ4v) is 3.58. The Morgan fingerprint density at radius 3 is 2.96 bits per heavy atom. The molecule has 0 unspecified atom stereocenters. The van der Waals surface area contributed by atoms with Crippen LogP contribution in [0.15, 0.2) is 55.4 Å². The van der Waals surface area contributed by atoms with Crippen LogP contribution in [0.2, 0.25) is 0 Å². The third-order valence-electron chi connectivity index (χ3n) is 4.91. The molecule has 1 aliphatic carbocycles. The third-order valence-corrected chi connectivity index (χ3v) is 4.91. The lowest BCUT2D eigenvalue weighted by Crippen LogP contribution is -2.38. The third kappa shape index (κ3) is 3.07. The van der Waals surface area contributed by atoms with Crippen LogP contribution in [0.4, 0.5) is 0 Å². The minimum absolute atomic E-state index is 0.0724. The van der Waals surface area contributed by atoms with E-state index in [0.717, 1.165) is 30.5 Å². The van der Waals surface area contributed by atoms with Crippen molar-refractivity contribution in [2.45, 2.75) is 38.3 Å². The molecule has 0 radical (unpaired) electrons. The van der Waals surface area contributed by atoms with E-state index in [0.29, 0.717) is 5.56 Å². The summed E-state index contributed by atoms with van der Waals surface area (Å²) < 4.78 is 3.85. The summed E-state index contributed by atoms with van der Waals surface area (Å²) in [6.45, 7) is 2.03. The number of nitrogens with zero attached hydrogens (tertiary/aromatic N) is 4. The first-order valence-corrected chi connectivity index (χ1v) is 8.61. The predicted octanol–water partition coefficient (Wildman–Crippen LogP) is 2.90. The fourth-order valence-electron chi connectivity index (χ4n) is 3.58. The van der Waals surface area contributed by atoms with Crippen molar-refractivity contribution in [2.75, 3.05) is 0 Å². The minimum Gasteiger partial charge on any atom is -0.347 e. The van der Waals surface area contributed by atoms with Crippen LogP contribution in [0, 0.1) is 6.92 Å². The molecular weight excluding hydrogens is 314 g/mol. The summed E-state index contributed by atoms with van der Waals surface area (Å²) >= 11 is 0. The molecule has 2 aromatic heterocycles. The van der Waals surface area contributed by atoms with Gasteiger partial charge in [-0.05, 0) is 37.8 Å². The molecule has 1 aliphatic rings. The minimum atomic E-state index is -0.0724. The Balaban J connectivity index is 1.49. The average molecular weight is 335 g/mol. The van der Waals surface area contributed by atoms with Gasteiger partial charge in [0.1, 0.15) is 0 Å². The van der Waals surface area contributed by atoms with E-state index in [1.165, 1.54) is 0 Å². The van der Waals surface area contributed by atoms with E-state index in [4.69, 9.17) is 0 Å². The zero-order chi connectivity index (χ0) is 17.2. The number of aromatic nitrogens is 4.